The molecular weight excluding hydrogens is 246 g/mol. The molecular formula is C18H25NO. The highest BCUT2D eigenvalue weighted by atomic mass is 16.1. The van der Waals surface area contributed by atoms with Crippen molar-refractivity contribution < 1.29 is 4.79 Å². The molecule has 0 aliphatic heterocycles. The van der Waals surface area contributed by atoms with Gasteiger partial charge in [0, 0.05) is 12.1 Å². The van der Waals surface area contributed by atoms with E-state index in [0.717, 1.165) is 43.7 Å². The summed E-state index contributed by atoms with van der Waals surface area (Å²) in [6, 6.07) is 4.15. The third-order valence-electron chi connectivity index (χ3n) is 5.30. The summed E-state index contributed by atoms with van der Waals surface area (Å²) in [6.45, 7) is 2.26. The van der Waals surface area contributed by atoms with Gasteiger partial charge < -0.3 is 0 Å². The van der Waals surface area contributed by atoms with Crippen molar-refractivity contribution >= 4 is 5.78 Å². The van der Waals surface area contributed by atoms with Gasteiger partial charge in [0.25, 0.3) is 0 Å². The molecule has 0 aromatic carbocycles. The zero-order valence-corrected chi connectivity index (χ0v) is 12.5. The van der Waals surface area contributed by atoms with Crippen LogP contribution in [0.15, 0.2) is 18.3 Å². The van der Waals surface area contributed by atoms with Crippen molar-refractivity contribution in [3.05, 3.63) is 29.6 Å². The SMILES string of the molecule is CCC1CCCC(C(=O)C2CCCc3cccnc32)C1. The maximum atomic E-state index is 12.9. The lowest BCUT2D eigenvalue weighted by molar-refractivity contribution is -0.126. The maximum absolute atomic E-state index is 12.9. The molecule has 2 nitrogen and oxygen atoms in total. The topological polar surface area (TPSA) is 30.0 Å². The highest BCUT2D eigenvalue weighted by molar-refractivity contribution is 5.88. The number of aryl methyl sites for hydroxylation is 1. The minimum absolute atomic E-state index is 0.0838. The van der Waals surface area contributed by atoms with Crippen LogP contribution in [-0.2, 0) is 11.2 Å². The van der Waals surface area contributed by atoms with Crippen LogP contribution in [0.2, 0.25) is 0 Å². The summed E-state index contributed by atoms with van der Waals surface area (Å²) >= 11 is 0. The van der Waals surface area contributed by atoms with Gasteiger partial charge in [-0.2, -0.15) is 0 Å². The van der Waals surface area contributed by atoms with Crippen LogP contribution in [0.1, 0.15) is 69.0 Å². The number of fused-ring (bicyclic) bond motifs is 1. The van der Waals surface area contributed by atoms with Gasteiger partial charge in [-0.1, -0.05) is 32.3 Å². The molecule has 1 fully saturated rings. The van der Waals surface area contributed by atoms with Crippen LogP contribution >= 0.6 is 0 Å². The second-order valence-electron chi connectivity index (χ2n) is 6.53. The number of carbonyl (C=O) groups excluding carboxylic acids is 1. The molecule has 0 N–H and O–H groups in total. The monoisotopic (exact) mass is 271 g/mol. The summed E-state index contributed by atoms with van der Waals surface area (Å²) in [4.78, 5) is 17.5. The fraction of sp³-hybridized carbons (Fsp3) is 0.667. The van der Waals surface area contributed by atoms with Gasteiger partial charge in [-0.05, 0) is 49.7 Å². The molecule has 0 saturated heterocycles. The second kappa shape index (κ2) is 6.07. The Morgan fingerprint density at radius 1 is 1.30 bits per heavy atom. The van der Waals surface area contributed by atoms with Crippen molar-refractivity contribution in [2.75, 3.05) is 0 Å². The number of carbonyl (C=O) groups is 1. The predicted molar refractivity (Wildman–Crippen MR) is 80.7 cm³/mol. The average Bonchev–Trinajstić information content (AvgIpc) is 2.53. The number of pyridine rings is 1. The van der Waals surface area contributed by atoms with Crippen LogP contribution < -0.4 is 0 Å². The highest BCUT2D eigenvalue weighted by Gasteiger charge is 2.34. The molecule has 1 heterocycles. The molecule has 3 unspecified atom stereocenters. The zero-order chi connectivity index (χ0) is 13.9. The number of hydrogen-bond acceptors (Lipinski definition) is 2. The van der Waals surface area contributed by atoms with Gasteiger partial charge in [0.2, 0.25) is 0 Å². The Bertz CT molecular complexity index is 482. The molecule has 1 saturated carbocycles. The number of nitrogens with zero attached hydrogens (tertiary/aromatic N) is 1. The van der Waals surface area contributed by atoms with Crippen LogP contribution in [0.3, 0.4) is 0 Å². The van der Waals surface area contributed by atoms with Gasteiger partial charge in [0.1, 0.15) is 5.78 Å². The minimum atomic E-state index is 0.0838. The highest BCUT2D eigenvalue weighted by Crippen LogP contribution is 2.38. The number of ketones is 1. The van der Waals surface area contributed by atoms with Gasteiger partial charge >= 0.3 is 0 Å². The van der Waals surface area contributed by atoms with Crippen molar-refractivity contribution in [3.63, 3.8) is 0 Å². The summed E-state index contributed by atoms with van der Waals surface area (Å²) < 4.78 is 0. The van der Waals surface area contributed by atoms with Crippen molar-refractivity contribution in [1.29, 1.82) is 0 Å². The summed E-state index contributed by atoms with van der Waals surface area (Å²) in [5.74, 6) is 1.64. The molecule has 0 spiro atoms. The lowest BCUT2D eigenvalue weighted by Gasteiger charge is -2.31. The Kier molecular flexibility index (Phi) is 4.18. The summed E-state index contributed by atoms with van der Waals surface area (Å²) in [5.41, 5.74) is 2.39. The van der Waals surface area contributed by atoms with E-state index in [1.54, 1.807) is 0 Å². The van der Waals surface area contributed by atoms with Gasteiger partial charge in [-0.15, -0.1) is 0 Å². The summed E-state index contributed by atoms with van der Waals surface area (Å²) in [7, 11) is 0. The molecule has 2 aliphatic rings. The molecule has 20 heavy (non-hydrogen) atoms. The zero-order valence-electron chi connectivity index (χ0n) is 12.5. The van der Waals surface area contributed by atoms with E-state index in [9.17, 15) is 4.79 Å². The van der Waals surface area contributed by atoms with Crippen molar-refractivity contribution in [1.82, 2.24) is 4.98 Å². The molecule has 1 aromatic heterocycles. The van der Waals surface area contributed by atoms with Crippen molar-refractivity contribution in [3.8, 4) is 0 Å². The van der Waals surface area contributed by atoms with E-state index in [4.69, 9.17) is 0 Å². The van der Waals surface area contributed by atoms with E-state index >= 15 is 0 Å². The first-order valence-corrected chi connectivity index (χ1v) is 8.27. The summed E-state index contributed by atoms with van der Waals surface area (Å²) in [5, 5.41) is 0. The van der Waals surface area contributed by atoms with E-state index in [-0.39, 0.29) is 5.92 Å². The van der Waals surface area contributed by atoms with E-state index < -0.39 is 0 Å². The standard InChI is InChI=1S/C18H25NO/c1-2-13-6-3-8-15(12-13)18(20)16-10-4-7-14-9-5-11-19-17(14)16/h5,9,11,13,15-16H,2-4,6-8,10,12H2,1H3. The Balaban J connectivity index is 1.78. The van der Waals surface area contributed by atoms with E-state index in [1.807, 2.05) is 12.3 Å². The Hall–Kier alpha value is -1.18. The van der Waals surface area contributed by atoms with Crippen LogP contribution in [0.25, 0.3) is 0 Å². The predicted octanol–water partition coefficient (Wildman–Crippen LogP) is 4.29. The molecule has 0 bridgehead atoms. The summed E-state index contributed by atoms with van der Waals surface area (Å²) in [6.07, 6.45) is 11.1. The number of hydrogen-bond donors (Lipinski definition) is 0. The van der Waals surface area contributed by atoms with Crippen LogP contribution in [0.5, 0.6) is 0 Å². The van der Waals surface area contributed by atoms with Crippen molar-refractivity contribution in [2.45, 2.75) is 64.2 Å². The maximum Gasteiger partial charge on any atom is 0.145 e. The third-order valence-corrected chi connectivity index (χ3v) is 5.30. The number of rotatable bonds is 3. The first-order valence-electron chi connectivity index (χ1n) is 8.27. The minimum Gasteiger partial charge on any atom is -0.299 e. The van der Waals surface area contributed by atoms with E-state index in [2.05, 4.69) is 18.0 Å². The molecule has 0 amide bonds. The Morgan fingerprint density at radius 3 is 3.05 bits per heavy atom. The first-order chi connectivity index (χ1) is 9.79. The molecule has 108 valence electrons. The molecule has 0 radical (unpaired) electrons. The fourth-order valence-electron chi connectivity index (χ4n) is 4.09. The normalized spacial score (nSPS) is 29.8. The van der Waals surface area contributed by atoms with Crippen molar-refractivity contribution in [2.24, 2.45) is 11.8 Å². The molecule has 1 aromatic rings. The van der Waals surface area contributed by atoms with Crippen LogP contribution in [0.4, 0.5) is 0 Å². The van der Waals surface area contributed by atoms with Gasteiger partial charge in [0.05, 0.1) is 11.6 Å². The Morgan fingerprint density at radius 2 is 2.20 bits per heavy atom. The van der Waals surface area contributed by atoms with Gasteiger partial charge in [0.15, 0.2) is 0 Å². The number of aromatic nitrogens is 1. The molecule has 2 heteroatoms. The quantitative estimate of drug-likeness (QED) is 0.821. The van der Waals surface area contributed by atoms with E-state index in [1.165, 1.54) is 24.8 Å². The second-order valence-corrected chi connectivity index (χ2v) is 6.53. The van der Waals surface area contributed by atoms with Gasteiger partial charge in [-0.25, -0.2) is 0 Å². The van der Waals surface area contributed by atoms with Gasteiger partial charge in [-0.3, -0.25) is 9.78 Å². The fourth-order valence-corrected chi connectivity index (χ4v) is 4.09. The average molecular weight is 271 g/mol. The molecule has 2 aliphatic carbocycles. The van der Waals surface area contributed by atoms with E-state index in [0.29, 0.717) is 11.7 Å². The lowest BCUT2D eigenvalue weighted by atomic mass is 9.72. The van der Waals surface area contributed by atoms with Crippen LogP contribution in [0, 0.1) is 11.8 Å². The van der Waals surface area contributed by atoms with Crippen LogP contribution in [-0.4, -0.2) is 10.8 Å². The smallest absolute Gasteiger partial charge is 0.145 e. The molecule has 3 atom stereocenters. The Labute approximate surface area is 122 Å². The largest absolute Gasteiger partial charge is 0.299 e. The third kappa shape index (κ3) is 2.65. The number of Topliss-reactive ketones (excluding diaryl/α,β-unsaturated/α-hetero) is 1. The first kappa shape index (κ1) is 13.8. The lowest BCUT2D eigenvalue weighted by Crippen LogP contribution is -2.29. The molecule has 3 rings (SSSR count).